The predicted octanol–water partition coefficient (Wildman–Crippen LogP) is 2.18. The Balaban J connectivity index is 1.77. The number of pyridine rings is 1. The van der Waals surface area contributed by atoms with Gasteiger partial charge in [-0.25, -0.2) is 4.39 Å². The third-order valence-electron chi connectivity index (χ3n) is 3.81. The molecule has 0 unspecified atom stereocenters. The second kappa shape index (κ2) is 6.13. The van der Waals surface area contributed by atoms with Crippen LogP contribution < -0.4 is 5.56 Å². The fourth-order valence-corrected chi connectivity index (χ4v) is 2.45. The van der Waals surface area contributed by atoms with Crippen molar-refractivity contribution in [3.05, 3.63) is 70.4 Å². The van der Waals surface area contributed by atoms with Crippen molar-refractivity contribution < 1.29 is 9.18 Å². The number of hydrogen-bond acceptors (Lipinski definition) is 2. The summed E-state index contributed by atoms with van der Waals surface area (Å²) in [6, 6.07) is 11.4. The first kappa shape index (κ1) is 14.5. The van der Waals surface area contributed by atoms with E-state index in [9.17, 15) is 14.0 Å². The van der Waals surface area contributed by atoms with Gasteiger partial charge in [-0.1, -0.05) is 24.3 Å². The summed E-state index contributed by atoms with van der Waals surface area (Å²) in [5.41, 5.74) is 0.292. The quantitative estimate of drug-likeness (QED) is 0.849. The number of benzene rings is 1. The van der Waals surface area contributed by atoms with Crippen molar-refractivity contribution in [2.24, 2.45) is 0 Å². The molecular formula is C17H17FN2O2. The molecule has 1 heterocycles. The molecule has 1 aromatic heterocycles. The first-order valence-corrected chi connectivity index (χ1v) is 7.33. The first-order valence-electron chi connectivity index (χ1n) is 7.33. The minimum atomic E-state index is -0.308. The maximum Gasteiger partial charge on any atom is 0.250 e. The molecule has 1 saturated carbocycles. The van der Waals surface area contributed by atoms with Crippen LogP contribution >= 0.6 is 0 Å². The topological polar surface area (TPSA) is 42.3 Å². The van der Waals surface area contributed by atoms with Crippen molar-refractivity contribution in [2.75, 3.05) is 0 Å². The van der Waals surface area contributed by atoms with Crippen LogP contribution in [-0.4, -0.2) is 21.4 Å². The Morgan fingerprint density at radius 2 is 1.91 bits per heavy atom. The smallest absolute Gasteiger partial charge is 0.250 e. The van der Waals surface area contributed by atoms with Crippen LogP contribution in [0.5, 0.6) is 0 Å². The van der Waals surface area contributed by atoms with E-state index in [4.69, 9.17) is 0 Å². The number of hydrogen-bond donors (Lipinski definition) is 0. The van der Waals surface area contributed by atoms with E-state index in [-0.39, 0.29) is 36.4 Å². The molecule has 0 saturated heterocycles. The standard InChI is InChI=1S/C17H17FN2O2/c18-15-6-2-1-5-13(15)11-20(14-8-9-14)17(22)12-19-10-4-3-7-16(19)21/h1-7,10,14H,8-9,11-12H2. The zero-order valence-corrected chi connectivity index (χ0v) is 12.1. The van der Waals surface area contributed by atoms with Gasteiger partial charge in [0.05, 0.1) is 0 Å². The third kappa shape index (κ3) is 3.24. The van der Waals surface area contributed by atoms with Crippen LogP contribution in [0.25, 0.3) is 0 Å². The van der Waals surface area contributed by atoms with Gasteiger partial charge in [-0.15, -0.1) is 0 Å². The summed E-state index contributed by atoms with van der Waals surface area (Å²) in [5, 5.41) is 0. The fourth-order valence-electron chi connectivity index (χ4n) is 2.45. The van der Waals surface area contributed by atoms with Crippen LogP contribution in [0.1, 0.15) is 18.4 Å². The van der Waals surface area contributed by atoms with E-state index < -0.39 is 0 Å². The summed E-state index contributed by atoms with van der Waals surface area (Å²) in [6.07, 6.45) is 3.46. The Morgan fingerprint density at radius 1 is 1.18 bits per heavy atom. The highest BCUT2D eigenvalue weighted by atomic mass is 19.1. The van der Waals surface area contributed by atoms with Gasteiger partial charge >= 0.3 is 0 Å². The van der Waals surface area contributed by atoms with Crippen LogP contribution in [0.4, 0.5) is 4.39 Å². The van der Waals surface area contributed by atoms with Gasteiger partial charge in [0.25, 0.3) is 5.56 Å². The van der Waals surface area contributed by atoms with Gasteiger partial charge in [-0.2, -0.15) is 0 Å². The van der Waals surface area contributed by atoms with E-state index in [2.05, 4.69) is 0 Å². The Labute approximate surface area is 127 Å². The van der Waals surface area contributed by atoms with Gasteiger partial charge in [0.15, 0.2) is 0 Å². The second-order valence-corrected chi connectivity index (χ2v) is 5.51. The minimum Gasteiger partial charge on any atom is -0.334 e. The van der Waals surface area contributed by atoms with Gasteiger partial charge in [-0.05, 0) is 25.0 Å². The largest absolute Gasteiger partial charge is 0.334 e. The van der Waals surface area contributed by atoms with E-state index in [1.807, 2.05) is 0 Å². The second-order valence-electron chi connectivity index (χ2n) is 5.51. The lowest BCUT2D eigenvalue weighted by Crippen LogP contribution is -2.37. The highest BCUT2D eigenvalue weighted by molar-refractivity contribution is 5.76. The van der Waals surface area contributed by atoms with Crippen LogP contribution in [0.3, 0.4) is 0 Å². The maximum atomic E-state index is 13.8. The molecule has 1 aliphatic carbocycles. The fraction of sp³-hybridized carbons (Fsp3) is 0.294. The summed E-state index contributed by atoms with van der Waals surface area (Å²) in [7, 11) is 0. The van der Waals surface area contributed by atoms with Gasteiger partial charge < -0.3 is 9.47 Å². The Morgan fingerprint density at radius 3 is 2.59 bits per heavy atom. The summed E-state index contributed by atoms with van der Waals surface area (Å²) in [5.74, 6) is -0.461. The average molecular weight is 300 g/mol. The van der Waals surface area contributed by atoms with Gasteiger partial charge in [0, 0.05) is 30.4 Å². The minimum absolute atomic E-state index is 0.00930. The number of halogens is 1. The van der Waals surface area contributed by atoms with Crippen LogP contribution in [0.2, 0.25) is 0 Å². The Kier molecular flexibility index (Phi) is 4.04. The summed E-state index contributed by atoms with van der Waals surface area (Å²) in [6.45, 7) is 0.238. The Bertz CT molecular complexity index is 737. The zero-order valence-electron chi connectivity index (χ0n) is 12.1. The van der Waals surface area contributed by atoms with Crippen molar-refractivity contribution in [1.29, 1.82) is 0 Å². The van der Waals surface area contributed by atoms with Crippen LogP contribution in [-0.2, 0) is 17.9 Å². The van der Waals surface area contributed by atoms with E-state index in [0.717, 1.165) is 12.8 Å². The molecule has 1 aliphatic rings. The molecule has 1 aromatic carbocycles. The van der Waals surface area contributed by atoms with E-state index in [0.29, 0.717) is 5.56 Å². The monoisotopic (exact) mass is 300 g/mol. The summed E-state index contributed by atoms with van der Waals surface area (Å²) < 4.78 is 15.2. The SMILES string of the molecule is O=C(Cn1ccccc1=O)N(Cc1ccccc1F)C1CC1. The highest BCUT2D eigenvalue weighted by Crippen LogP contribution is 2.29. The number of rotatable bonds is 5. The van der Waals surface area contributed by atoms with Crippen LogP contribution in [0.15, 0.2) is 53.5 Å². The van der Waals surface area contributed by atoms with Gasteiger partial charge in [0.2, 0.25) is 5.91 Å². The zero-order chi connectivity index (χ0) is 15.5. The molecule has 0 atom stereocenters. The predicted molar refractivity (Wildman–Crippen MR) is 80.7 cm³/mol. The molecule has 0 radical (unpaired) electrons. The van der Waals surface area contributed by atoms with E-state index in [1.54, 1.807) is 41.4 Å². The molecule has 0 aliphatic heterocycles. The number of aromatic nitrogens is 1. The lowest BCUT2D eigenvalue weighted by molar-refractivity contribution is -0.133. The Hall–Kier alpha value is -2.43. The molecule has 0 bridgehead atoms. The molecule has 1 amide bonds. The molecule has 1 fully saturated rings. The lowest BCUT2D eigenvalue weighted by atomic mass is 10.2. The molecule has 22 heavy (non-hydrogen) atoms. The average Bonchev–Trinajstić information content (AvgIpc) is 3.33. The molecule has 5 heteroatoms. The summed E-state index contributed by atoms with van der Waals surface area (Å²) in [4.78, 5) is 25.9. The number of amides is 1. The summed E-state index contributed by atoms with van der Waals surface area (Å²) >= 11 is 0. The van der Waals surface area contributed by atoms with Crippen molar-refractivity contribution in [2.45, 2.75) is 32.0 Å². The lowest BCUT2D eigenvalue weighted by Gasteiger charge is -2.23. The third-order valence-corrected chi connectivity index (χ3v) is 3.81. The van der Waals surface area contributed by atoms with Gasteiger partial charge in [-0.3, -0.25) is 9.59 Å². The maximum absolute atomic E-state index is 13.8. The molecule has 0 spiro atoms. The molecule has 4 nitrogen and oxygen atoms in total. The van der Waals surface area contributed by atoms with Crippen molar-refractivity contribution in [3.63, 3.8) is 0 Å². The number of nitrogens with zero attached hydrogens (tertiary/aromatic N) is 2. The normalized spacial score (nSPS) is 13.9. The molecule has 3 rings (SSSR count). The first-order chi connectivity index (χ1) is 10.6. The van der Waals surface area contributed by atoms with Gasteiger partial charge in [0.1, 0.15) is 12.4 Å². The van der Waals surface area contributed by atoms with Crippen molar-refractivity contribution >= 4 is 5.91 Å². The van der Waals surface area contributed by atoms with Crippen molar-refractivity contribution in [1.82, 2.24) is 9.47 Å². The van der Waals surface area contributed by atoms with Crippen molar-refractivity contribution in [3.8, 4) is 0 Å². The molecule has 0 N–H and O–H groups in total. The molecular weight excluding hydrogens is 283 g/mol. The number of carbonyl (C=O) groups excluding carboxylic acids is 1. The number of carbonyl (C=O) groups is 1. The molecule has 2 aromatic rings. The highest BCUT2D eigenvalue weighted by Gasteiger charge is 2.33. The van der Waals surface area contributed by atoms with Crippen LogP contribution in [0, 0.1) is 5.82 Å². The van der Waals surface area contributed by atoms with E-state index >= 15 is 0 Å². The van der Waals surface area contributed by atoms with E-state index in [1.165, 1.54) is 16.7 Å². The molecule has 114 valence electrons.